The molecule has 1 aliphatic rings. The van der Waals surface area contributed by atoms with E-state index in [0.29, 0.717) is 34.0 Å². The van der Waals surface area contributed by atoms with Gasteiger partial charge in [0, 0.05) is 30.7 Å². The van der Waals surface area contributed by atoms with Crippen molar-refractivity contribution in [3.05, 3.63) is 64.2 Å². The third-order valence-electron chi connectivity index (χ3n) is 5.09. The van der Waals surface area contributed by atoms with E-state index in [1.807, 2.05) is 0 Å². The Kier molecular flexibility index (Phi) is 6.51. The number of fused-ring (bicyclic) bond motifs is 1. The SMILES string of the molecule is O=C1CCC(=CNS(=O)(=O)c2ccc(S(=O)(=O)Nc3ccc(Cl)c4c(Cl)c[nH]c34)c(F)c2)CN1. The summed E-state index contributed by atoms with van der Waals surface area (Å²) in [5.74, 6) is -1.39. The molecule has 2 aromatic carbocycles. The van der Waals surface area contributed by atoms with Crippen molar-refractivity contribution in [3.63, 3.8) is 0 Å². The Morgan fingerprint density at radius 1 is 1.00 bits per heavy atom. The van der Waals surface area contributed by atoms with Crippen LogP contribution in [-0.4, -0.2) is 34.3 Å². The topological polar surface area (TPSA) is 137 Å². The molecule has 0 saturated carbocycles. The lowest BCUT2D eigenvalue weighted by Gasteiger charge is -2.15. The first kappa shape index (κ1) is 24.3. The van der Waals surface area contributed by atoms with Gasteiger partial charge in [0.2, 0.25) is 5.91 Å². The summed E-state index contributed by atoms with van der Waals surface area (Å²) in [5, 5.41) is 3.55. The van der Waals surface area contributed by atoms with Crippen LogP contribution in [0.2, 0.25) is 10.0 Å². The summed E-state index contributed by atoms with van der Waals surface area (Å²) in [6.45, 7) is 0.197. The first-order valence-corrected chi connectivity index (χ1v) is 13.4. The number of rotatable bonds is 6. The lowest BCUT2D eigenvalue weighted by atomic mass is 10.1. The summed E-state index contributed by atoms with van der Waals surface area (Å²) >= 11 is 12.2. The van der Waals surface area contributed by atoms with Crippen molar-refractivity contribution in [2.75, 3.05) is 11.3 Å². The molecule has 1 aliphatic heterocycles. The van der Waals surface area contributed by atoms with E-state index < -0.39 is 35.7 Å². The van der Waals surface area contributed by atoms with E-state index in [9.17, 15) is 26.0 Å². The molecule has 1 aromatic heterocycles. The Labute approximate surface area is 204 Å². The molecule has 9 nitrogen and oxygen atoms in total. The maximum atomic E-state index is 14.8. The molecule has 0 radical (unpaired) electrons. The number of hydrogen-bond acceptors (Lipinski definition) is 5. The van der Waals surface area contributed by atoms with Crippen molar-refractivity contribution >= 4 is 65.7 Å². The molecule has 0 spiro atoms. The minimum atomic E-state index is -4.43. The van der Waals surface area contributed by atoms with Crippen molar-refractivity contribution in [3.8, 4) is 0 Å². The van der Waals surface area contributed by atoms with Gasteiger partial charge in [-0.3, -0.25) is 14.2 Å². The van der Waals surface area contributed by atoms with Gasteiger partial charge in [-0.15, -0.1) is 0 Å². The van der Waals surface area contributed by atoms with Gasteiger partial charge in [-0.1, -0.05) is 23.2 Å². The van der Waals surface area contributed by atoms with Gasteiger partial charge in [-0.05, 0) is 42.3 Å². The third-order valence-corrected chi connectivity index (χ3v) is 8.40. The van der Waals surface area contributed by atoms with Crippen LogP contribution in [-0.2, 0) is 24.8 Å². The number of benzene rings is 2. The van der Waals surface area contributed by atoms with E-state index in [1.54, 1.807) is 0 Å². The number of aromatic amines is 1. The molecule has 0 aliphatic carbocycles. The van der Waals surface area contributed by atoms with Crippen LogP contribution >= 0.6 is 23.2 Å². The summed E-state index contributed by atoms with van der Waals surface area (Å²) in [7, 11) is -8.61. The Bertz CT molecular complexity index is 1540. The monoisotopic (exact) mass is 546 g/mol. The Morgan fingerprint density at radius 3 is 2.44 bits per heavy atom. The molecule has 1 saturated heterocycles. The van der Waals surface area contributed by atoms with E-state index in [4.69, 9.17) is 23.2 Å². The van der Waals surface area contributed by atoms with E-state index >= 15 is 0 Å². The highest BCUT2D eigenvalue weighted by Crippen LogP contribution is 2.35. The van der Waals surface area contributed by atoms with Crippen molar-refractivity contribution in [2.45, 2.75) is 22.6 Å². The number of anilines is 1. The molecule has 4 rings (SSSR count). The molecule has 0 bridgehead atoms. The molecule has 180 valence electrons. The normalized spacial score (nSPS) is 16.0. The number of halogens is 3. The molecule has 1 fully saturated rings. The molecular formula is C20H17Cl2FN4O5S2. The lowest BCUT2D eigenvalue weighted by Crippen LogP contribution is -2.31. The fourth-order valence-corrected chi connectivity index (χ4v) is 5.99. The third kappa shape index (κ3) is 4.85. The van der Waals surface area contributed by atoms with Crippen LogP contribution in [0.5, 0.6) is 0 Å². The van der Waals surface area contributed by atoms with Gasteiger partial charge in [-0.25, -0.2) is 21.2 Å². The standard InChI is InChI=1S/C20H17Cl2FN4O5S2/c21-13-3-4-16(20-19(13)14(22)10-25-20)27-34(31,32)17-5-2-12(7-15(17)23)33(29,30)26-9-11-1-6-18(28)24-8-11/h2-5,7,9-10,25-27H,1,6,8H2,(H,24,28). The Hall–Kier alpha value is -2.80. The van der Waals surface area contributed by atoms with Crippen molar-refractivity contribution < 1.29 is 26.0 Å². The maximum absolute atomic E-state index is 14.8. The zero-order valence-electron chi connectivity index (χ0n) is 17.2. The molecule has 2 heterocycles. The zero-order valence-corrected chi connectivity index (χ0v) is 20.3. The molecule has 3 aromatic rings. The van der Waals surface area contributed by atoms with Gasteiger partial charge >= 0.3 is 0 Å². The number of sulfonamides is 2. The van der Waals surface area contributed by atoms with E-state index in [0.717, 1.165) is 12.1 Å². The predicted octanol–water partition coefficient (Wildman–Crippen LogP) is 3.49. The van der Waals surface area contributed by atoms with Crippen LogP contribution in [0.25, 0.3) is 10.9 Å². The number of piperidine rings is 1. The summed E-state index contributed by atoms with van der Waals surface area (Å²) in [6.07, 6.45) is 3.28. The average molecular weight is 547 g/mol. The number of carbonyl (C=O) groups is 1. The highest BCUT2D eigenvalue weighted by molar-refractivity contribution is 7.92. The molecule has 14 heteroatoms. The van der Waals surface area contributed by atoms with Gasteiger partial charge in [0.25, 0.3) is 20.0 Å². The second kappa shape index (κ2) is 9.10. The van der Waals surface area contributed by atoms with E-state index in [1.165, 1.54) is 24.5 Å². The number of carbonyl (C=O) groups excluding carboxylic acids is 1. The maximum Gasteiger partial charge on any atom is 0.264 e. The van der Waals surface area contributed by atoms with Crippen LogP contribution in [0.1, 0.15) is 12.8 Å². The molecule has 34 heavy (non-hydrogen) atoms. The molecular weight excluding hydrogens is 530 g/mol. The largest absolute Gasteiger partial charge is 0.358 e. The summed E-state index contributed by atoms with van der Waals surface area (Å²) in [4.78, 5) is 12.8. The molecule has 4 N–H and O–H groups in total. The van der Waals surface area contributed by atoms with Crippen LogP contribution < -0.4 is 14.8 Å². The second-order valence-corrected chi connectivity index (χ2v) is 11.6. The highest BCUT2D eigenvalue weighted by Gasteiger charge is 2.24. The van der Waals surface area contributed by atoms with Crippen LogP contribution in [0.3, 0.4) is 0 Å². The molecule has 1 amide bonds. The van der Waals surface area contributed by atoms with E-state index in [-0.39, 0.29) is 29.6 Å². The van der Waals surface area contributed by atoms with Gasteiger partial charge in [0.1, 0.15) is 10.7 Å². The fraction of sp³-hybridized carbons (Fsp3) is 0.150. The number of hydrogen-bond donors (Lipinski definition) is 4. The minimum Gasteiger partial charge on any atom is -0.358 e. The Balaban J connectivity index is 1.58. The first-order chi connectivity index (χ1) is 16.0. The van der Waals surface area contributed by atoms with Crippen LogP contribution in [0.4, 0.5) is 10.1 Å². The number of amides is 1. The van der Waals surface area contributed by atoms with Gasteiger partial charge < -0.3 is 10.3 Å². The predicted molar refractivity (Wildman–Crippen MR) is 126 cm³/mol. The van der Waals surface area contributed by atoms with Gasteiger partial charge in [0.15, 0.2) is 0 Å². The molecule has 0 unspecified atom stereocenters. The van der Waals surface area contributed by atoms with Crippen molar-refractivity contribution in [2.24, 2.45) is 0 Å². The van der Waals surface area contributed by atoms with Gasteiger partial charge in [0.05, 0.1) is 26.1 Å². The zero-order chi connectivity index (χ0) is 24.7. The minimum absolute atomic E-state index is 0.0789. The van der Waals surface area contributed by atoms with Crippen molar-refractivity contribution in [1.29, 1.82) is 0 Å². The summed E-state index contributed by atoms with van der Waals surface area (Å²) in [5.41, 5.74) is 1.03. The fourth-order valence-electron chi connectivity index (χ4n) is 3.33. The molecule has 0 atom stereocenters. The first-order valence-electron chi connectivity index (χ1n) is 9.72. The summed E-state index contributed by atoms with van der Waals surface area (Å²) in [6, 6.07) is 5.27. The van der Waals surface area contributed by atoms with Crippen LogP contribution in [0, 0.1) is 5.82 Å². The second-order valence-electron chi connectivity index (χ2n) is 7.38. The van der Waals surface area contributed by atoms with Gasteiger partial charge in [-0.2, -0.15) is 0 Å². The van der Waals surface area contributed by atoms with E-state index in [2.05, 4.69) is 19.7 Å². The van der Waals surface area contributed by atoms with Crippen LogP contribution in [0.15, 0.2) is 58.1 Å². The average Bonchev–Trinajstić information content (AvgIpc) is 3.18. The number of aromatic nitrogens is 1. The van der Waals surface area contributed by atoms with Crippen molar-refractivity contribution in [1.82, 2.24) is 15.0 Å². The smallest absolute Gasteiger partial charge is 0.264 e. The quantitative estimate of drug-likeness (QED) is 0.375. The Morgan fingerprint density at radius 2 is 1.76 bits per heavy atom. The number of nitrogens with one attached hydrogen (secondary N) is 4. The lowest BCUT2D eigenvalue weighted by molar-refractivity contribution is -0.121. The summed E-state index contributed by atoms with van der Waals surface area (Å²) < 4.78 is 70.0. The number of H-pyrrole nitrogens is 1. The highest BCUT2D eigenvalue weighted by atomic mass is 35.5.